The van der Waals surface area contributed by atoms with Gasteiger partial charge in [0.2, 0.25) is 0 Å². The number of hydrogen-bond donors (Lipinski definition) is 3. The van der Waals surface area contributed by atoms with Gasteiger partial charge in [-0.15, -0.1) is 0 Å². The molecule has 1 aromatic rings. The van der Waals surface area contributed by atoms with Crippen molar-refractivity contribution in [3.8, 4) is 0 Å². The Morgan fingerprint density at radius 3 is 3.00 bits per heavy atom. The van der Waals surface area contributed by atoms with Gasteiger partial charge in [0.15, 0.2) is 0 Å². The minimum atomic E-state index is -0.977. The fourth-order valence-corrected chi connectivity index (χ4v) is 1.48. The monoisotopic (exact) mass is 259 g/mol. The highest BCUT2D eigenvalue weighted by molar-refractivity contribution is 6.32. The molecule has 1 heterocycles. The number of carboxylic acids is 1. The van der Waals surface area contributed by atoms with E-state index in [0.717, 1.165) is 12.8 Å². The molecule has 1 aromatic heterocycles. The van der Waals surface area contributed by atoms with Gasteiger partial charge in [-0.2, -0.15) is 5.10 Å². The summed E-state index contributed by atoms with van der Waals surface area (Å²) < 4.78 is 0. The average molecular weight is 260 g/mol. The van der Waals surface area contributed by atoms with Crippen molar-refractivity contribution in [3.05, 3.63) is 21.6 Å². The van der Waals surface area contributed by atoms with E-state index < -0.39 is 17.6 Å². The van der Waals surface area contributed by atoms with Gasteiger partial charge in [-0.25, -0.2) is 9.89 Å². The number of nitrogens with one attached hydrogen (secondary N) is 2. The summed E-state index contributed by atoms with van der Waals surface area (Å²) in [6, 6.07) is -0.768. The van der Waals surface area contributed by atoms with Crippen molar-refractivity contribution in [3.63, 3.8) is 0 Å². The molecular formula is C10H14ClN3O3. The number of unbranched alkanes of at least 4 members (excludes halogenated alkanes) is 1. The van der Waals surface area contributed by atoms with E-state index in [4.69, 9.17) is 16.7 Å². The Hall–Kier alpha value is -1.56. The number of aromatic amines is 1. The maximum absolute atomic E-state index is 11.2. The topological polar surface area (TPSA) is 95.1 Å². The van der Waals surface area contributed by atoms with Crippen LogP contribution < -0.4 is 10.9 Å². The van der Waals surface area contributed by atoms with Gasteiger partial charge in [0.1, 0.15) is 11.1 Å². The van der Waals surface area contributed by atoms with Crippen LogP contribution >= 0.6 is 11.6 Å². The smallest absolute Gasteiger partial charge is 0.326 e. The zero-order valence-corrected chi connectivity index (χ0v) is 10.1. The van der Waals surface area contributed by atoms with Crippen molar-refractivity contribution in [2.24, 2.45) is 0 Å². The molecule has 0 spiro atoms. The second-order valence-corrected chi connectivity index (χ2v) is 3.98. The molecule has 3 N–H and O–H groups in total. The second-order valence-electron chi connectivity index (χ2n) is 3.60. The largest absolute Gasteiger partial charge is 0.480 e. The lowest BCUT2D eigenvalue weighted by atomic mass is 10.1. The highest BCUT2D eigenvalue weighted by atomic mass is 35.5. The molecule has 7 heteroatoms. The maximum Gasteiger partial charge on any atom is 0.326 e. The molecule has 0 aliphatic rings. The van der Waals surface area contributed by atoms with E-state index in [2.05, 4.69) is 15.5 Å². The summed E-state index contributed by atoms with van der Waals surface area (Å²) in [5.41, 5.74) is -0.310. The molecule has 6 nitrogen and oxygen atoms in total. The molecule has 94 valence electrons. The van der Waals surface area contributed by atoms with Gasteiger partial charge in [0.25, 0.3) is 5.56 Å². The summed E-state index contributed by atoms with van der Waals surface area (Å²) in [7, 11) is 0. The van der Waals surface area contributed by atoms with E-state index >= 15 is 0 Å². The third-order valence-corrected chi connectivity index (χ3v) is 2.64. The first-order valence-corrected chi connectivity index (χ1v) is 5.66. The number of halogens is 1. The summed E-state index contributed by atoms with van der Waals surface area (Å²) in [5, 5.41) is 17.4. The van der Waals surface area contributed by atoms with Crippen molar-refractivity contribution >= 4 is 23.3 Å². The number of H-pyrrole nitrogens is 1. The van der Waals surface area contributed by atoms with E-state index in [9.17, 15) is 9.59 Å². The number of aromatic nitrogens is 2. The Kier molecular flexibility index (Phi) is 4.96. The molecule has 0 fully saturated rings. The van der Waals surface area contributed by atoms with Crippen LogP contribution in [0.3, 0.4) is 0 Å². The van der Waals surface area contributed by atoms with Gasteiger partial charge in [0, 0.05) is 0 Å². The van der Waals surface area contributed by atoms with Crippen LogP contribution in [0.5, 0.6) is 0 Å². The Morgan fingerprint density at radius 1 is 1.71 bits per heavy atom. The van der Waals surface area contributed by atoms with E-state index in [-0.39, 0.29) is 10.7 Å². The zero-order chi connectivity index (χ0) is 12.8. The second kappa shape index (κ2) is 6.24. The maximum atomic E-state index is 11.2. The zero-order valence-electron chi connectivity index (χ0n) is 9.36. The molecular weight excluding hydrogens is 246 g/mol. The molecule has 0 saturated carbocycles. The number of anilines is 1. The predicted molar refractivity (Wildman–Crippen MR) is 64.4 cm³/mol. The van der Waals surface area contributed by atoms with Crippen molar-refractivity contribution < 1.29 is 9.90 Å². The van der Waals surface area contributed by atoms with Gasteiger partial charge in [-0.3, -0.25) is 4.79 Å². The normalized spacial score (nSPS) is 12.1. The molecule has 1 unspecified atom stereocenters. The lowest BCUT2D eigenvalue weighted by molar-refractivity contribution is -0.138. The van der Waals surface area contributed by atoms with Crippen LogP contribution in [-0.2, 0) is 4.79 Å². The van der Waals surface area contributed by atoms with Crippen LogP contribution in [-0.4, -0.2) is 27.3 Å². The minimum Gasteiger partial charge on any atom is -0.480 e. The van der Waals surface area contributed by atoms with Crippen molar-refractivity contribution in [1.82, 2.24) is 10.2 Å². The van der Waals surface area contributed by atoms with Crippen LogP contribution in [0.15, 0.2) is 11.0 Å². The van der Waals surface area contributed by atoms with Gasteiger partial charge in [0.05, 0.1) is 11.9 Å². The number of hydrogen-bond acceptors (Lipinski definition) is 4. The first-order chi connectivity index (χ1) is 8.06. The van der Waals surface area contributed by atoms with Crippen LogP contribution in [0.4, 0.5) is 5.69 Å². The molecule has 0 amide bonds. The summed E-state index contributed by atoms with van der Waals surface area (Å²) in [4.78, 5) is 22.2. The van der Waals surface area contributed by atoms with E-state index in [1.165, 1.54) is 6.20 Å². The summed E-state index contributed by atoms with van der Waals surface area (Å²) >= 11 is 5.74. The van der Waals surface area contributed by atoms with Crippen LogP contribution in [0.25, 0.3) is 0 Å². The predicted octanol–water partition coefficient (Wildman–Crippen LogP) is 1.48. The van der Waals surface area contributed by atoms with E-state index in [1.807, 2.05) is 6.92 Å². The van der Waals surface area contributed by atoms with Crippen LogP contribution in [0.2, 0.25) is 5.02 Å². The first-order valence-electron chi connectivity index (χ1n) is 5.28. The molecule has 0 aliphatic heterocycles. The quantitative estimate of drug-likeness (QED) is 0.719. The summed E-state index contributed by atoms with van der Waals surface area (Å²) in [6.07, 6.45) is 3.44. The molecule has 0 aromatic carbocycles. The van der Waals surface area contributed by atoms with E-state index in [0.29, 0.717) is 6.42 Å². The van der Waals surface area contributed by atoms with Crippen molar-refractivity contribution in [1.29, 1.82) is 0 Å². The molecule has 1 rings (SSSR count). The first kappa shape index (κ1) is 13.5. The third kappa shape index (κ3) is 3.74. The number of nitrogens with zero attached hydrogens (tertiary/aromatic N) is 1. The number of carbonyl (C=O) groups is 1. The Balaban J connectivity index is 2.82. The summed E-state index contributed by atoms with van der Waals surface area (Å²) in [6.45, 7) is 1.97. The molecule has 0 bridgehead atoms. The van der Waals surface area contributed by atoms with Gasteiger partial charge < -0.3 is 10.4 Å². The molecule has 0 radical (unpaired) electrons. The molecule has 17 heavy (non-hydrogen) atoms. The third-order valence-electron chi connectivity index (χ3n) is 2.27. The Bertz CT molecular complexity index is 447. The fraction of sp³-hybridized carbons (Fsp3) is 0.500. The standard InChI is InChI=1S/C10H14ClN3O3/c1-2-3-4-6(10(16)17)13-7-5-12-14-9(15)8(7)11/h5-6H,2-4H2,1H3,(H,16,17)(H2,13,14,15). The number of aliphatic carboxylic acids is 1. The Morgan fingerprint density at radius 2 is 2.41 bits per heavy atom. The molecule has 1 atom stereocenters. The fourth-order valence-electron chi connectivity index (χ4n) is 1.34. The molecule has 0 aliphatic carbocycles. The molecule has 0 saturated heterocycles. The number of carboxylic acid groups (broad SMARTS) is 1. The highest BCUT2D eigenvalue weighted by Crippen LogP contribution is 2.17. The van der Waals surface area contributed by atoms with Gasteiger partial charge >= 0.3 is 5.97 Å². The minimum absolute atomic E-state index is 0.0808. The van der Waals surface area contributed by atoms with E-state index in [1.54, 1.807) is 0 Å². The Labute approximate surface area is 103 Å². The van der Waals surface area contributed by atoms with Gasteiger partial charge in [-0.05, 0) is 6.42 Å². The van der Waals surface area contributed by atoms with Crippen LogP contribution in [0, 0.1) is 0 Å². The van der Waals surface area contributed by atoms with Gasteiger partial charge in [-0.1, -0.05) is 31.4 Å². The van der Waals surface area contributed by atoms with Crippen molar-refractivity contribution in [2.75, 3.05) is 5.32 Å². The summed E-state index contributed by atoms with van der Waals surface area (Å²) in [5.74, 6) is -0.977. The van der Waals surface area contributed by atoms with Crippen molar-refractivity contribution in [2.45, 2.75) is 32.2 Å². The lowest BCUT2D eigenvalue weighted by Gasteiger charge is -2.15. The average Bonchev–Trinajstić information content (AvgIpc) is 2.29. The van der Waals surface area contributed by atoms with Crippen LogP contribution in [0.1, 0.15) is 26.2 Å². The number of rotatable bonds is 6. The SMILES string of the molecule is CCCCC(Nc1cn[nH]c(=O)c1Cl)C(=O)O. The highest BCUT2D eigenvalue weighted by Gasteiger charge is 2.18. The lowest BCUT2D eigenvalue weighted by Crippen LogP contribution is -2.30.